The number of rotatable bonds is 0. The summed E-state index contributed by atoms with van der Waals surface area (Å²) in [6.07, 6.45) is 0. The van der Waals surface area contributed by atoms with Crippen LogP contribution in [0.2, 0.25) is 0 Å². The van der Waals surface area contributed by atoms with E-state index in [1.54, 1.807) is 0 Å². The highest BCUT2D eigenvalue weighted by Crippen LogP contribution is 2.46. The van der Waals surface area contributed by atoms with Gasteiger partial charge in [0.05, 0.1) is 11.7 Å². The van der Waals surface area contributed by atoms with Gasteiger partial charge < -0.3 is 0 Å². The quantitative estimate of drug-likeness (QED) is 0.680. The van der Waals surface area contributed by atoms with Crippen molar-refractivity contribution in [3.8, 4) is 0 Å². The van der Waals surface area contributed by atoms with Gasteiger partial charge in [-0.1, -0.05) is 0 Å². The zero-order chi connectivity index (χ0) is 13.8. The van der Waals surface area contributed by atoms with Crippen LogP contribution >= 0.6 is 0 Å². The number of aromatic nitrogens is 1. The van der Waals surface area contributed by atoms with E-state index in [0.717, 1.165) is 0 Å². The second-order valence-corrected chi connectivity index (χ2v) is 6.68. The maximum atomic E-state index is 4.87. The molecule has 18 heavy (non-hydrogen) atoms. The topological polar surface area (TPSA) is 16.1 Å². The van der Waals surface area contributed by atoms with Crippen LogP contribution in [0.3, 0.4) is 0 Å². The van der Waals surface area contributed by atoms with Crippen LogP contribution in [-0.4, -0.2) is 15.4 Å². The van der Waals surface area contributed by atoms with Crippen LogP contribution in [0.1, 0.15) is 74.8 Å². The number of pyridine rings is 1. The van der Waals surface area contributed by atoms with Crippen LogP contribution in [0.15, 0.2) is 0 Å². The SMILES string of the molecule is Cc1nc2c(c(C)c1C)C(C)N(C(C)(C)C)C2C. The highest BCUT2D eigenvalue weighted by atomic mass is 15.3. The predicted molar refractivity (Wildman–Crippen MR) is 76.9 cm³/mol. The molecule has 0 spiro atoms. The molecular weight excluding hydrogens is 220 g/mol. The highest BCUT2D eigenvalue weighted by Gasteiger charge is 2.41. The van der Waals surface area contributed by atoms with E-state index in [9.17, 15) is 0 Å². The average Bonchev–Trinajstić information content (AvgIpc) is 2.47. The zero-order valence-electron chi connectivity index (χ0n) is 13.0. The van der Waals surface area contributed by atoms with Crippen molar-refractivity contribution in [2.75, 3.05) is 0 Å². The summed E-state index contributed by atoms with van der Waals surface area (Å²) < 4.78 is 0. The third kappa shape index (κ3) is 1.78. The summed E-state index contributed by atoms with van der Waals surface area (Å²) >= 11 is 0. The standard InChI is InChI=1S/C16H26N2/c1-9-10(2)14-12(4)18(16(6,7)8)13(5)15(14)17-11(9)3/h12-13H,1-8H3. The lowest BCUT2D eigenvalue weighted by atomic mass is 9.97. The summed E-state index contributed by atoms with van der Waals surface area (Å²) in [6, 6.07) is 0.870. The van der Waals surface area contributed by atoms with Gasteiger partial charge in [-0.2, -0.15) is 0 Å². The first-order valence-corrected chi connectivity index (χ1v) is 6.92. The second-order valence-electron chi connectivity index (χ2n) is 6.68. The minimum Gasteiger partial charge on any atom is -0.283 e. The van der Waals surface area contributed by atoms with Crippen LogP contribution in [-0.2, 0) is 0 Å². The molecule has 0 amide bonds. The van der Waals surface area contributed by atoms with E-state index < -0.39 is 0 Å². The van der Waals surface area contributed by atoms with Gasteiger partial charge in [-0.15, -0.1) is 0 Å². The molecule has 0 aromatic carbocycles. The molecule has 0 aliphatic carbocycles. The Bertz CT molecular complexity index is 483. The lowest BCUT2D eigenvalue weighted by Gasteiger charge is -2.39. The van der Waals surface area contributed by atoms with E-state index in [1.807, 2.05) is 0 Å². The van der Waals surface area contributed by atoms with Crippen molar-refractivity contribution in [3.63, 3.8) is 0 Å². The van der Waals surface area contributed by atoms with Gasteiger partial charge in [0.25, 0.3) is 0 Å². The molecule has 2 heteroatoms. The molecule has 1 aliphatic rings. The molecule has 2 rings (SSSR count). The number of fused-ring (bicyclic) bond motifs is 1. The van der Waals surface area contributed by atoms with Gasteiger partial charge in [0.2, 0.25) is 0 Å². The van der Waals surface area contributed by atoms with Crippen molar-refractivity contribution in [2.45, 2.75) is 73.0 Å². The van der Waals surface area contributed by atoms with Crippen molar-refractivity contribution >= 4 is 0 Å². The molecule has 0 fully saturated rings. The Balaban J connectivity index is 2.63. The molecule has 0 N–H and O–H groups in total. The number of nitrogens with zero attached hydrogens (tertiary/aromatic N) is 2. The Morgan fingerprint density at radius 2 is 1.50 bits per heavy atom. The highest BCUT2D eigenvalue weighted by molar-refractivity contribution is 5.44. The first-order chi connectivity index (χ1) is 8.16. The molecule has 0 radical (unpaired) electrons. The van der Waals surface area contributed by atoms with Crippen molar-refractivity contribution < 1.29 is 0 Å². The van der Waals surface area contributed by atoms with E-state index in [-0.39, 0.29) is 5.54 Å². The van der Waals surface area contributed by atoms with E-state index in [0.29, 0.717) is 12.1 Å². The fourth-order valence-electron chi connectivity index (χ4n) is 3.60. The first kappa shape index (κ1) is 13.5. The summed E-state index contributed by atoms with van der Waals surface area (Å²) in [5.74, 6) is 0. The monoisotopic (exact) mass is 246 g/mol. The molecule has 1 aromatic rings. The van der Waals surface area contributed by atoms with E-state index in [1.165, 1.54) is 28.1 Å². The van der Waals surface area contributed by atoms with Gasteiger partial charge in [-0.25, -0.2) is 0 Å². The molecule has 1 aromatic heterocycles. The van der Waals surface area contributed by atoms with Crippen LogP contribution in [0, 0.1) is 20.8 Å². The van der Waals surface area contributed by atoms with Crippen molar-refractivity contribution in [1.82, 2.24) is 9.88 Å². The Kier molecular flexibility index (Phi) is 3.05. The second kappa shape index (κ2) is 4.06. The molecular formula is C16H26N2. The zero-order valence-corrected chi connectivity index (χ0v) is 13.0. The van der Waals surface area contributed by atoms with Gasteiger partial charge in [0.15, 0.2) is 0 Å². The summed E-state index contributed by atoms with van der Waals surface area (Å²) in [4.78, 5) is 7.45. The molecule has 1 aliphatic heterocycles. The minimum atomic E-state index is 0.174. The van der Waals surface area contributed by atoms with Crippen LogP contribution < -0.4 is 0 Å². The summed E-state index contributed by atoms with van der Waals surface area (Å²) in [5, 5.41) is 0. The van der Waals surface area contributed by atoms with E-state index in [2.05, 4.69) is 60.3 Å². The predicted octanol–water partition coefficient (Wildman–Crippen LogP) is 4.24. The fourth-order valence-corrected chi connectivity index (χ4v) is 3.60. The van der Waals surface area contributed by atoms with Gasteiger partial charge in [0, 0.05) is 17.3 Å². The fraction of sp³-hybridized carbons (Fsp3) is 0.688. The number of hydrogen-bond acceptors (Lipinski definition) is 2. The third-order valence-electron chi connectivity index (χ3n) is 4.50. The van der Waals surface area contributed by atoms with Crippen LogP contribution in [0.4, 0.5) is 0 Å². The molecule has 0 saturated carbocycles. The van der Waals surface area contributed by atoms with Gasteiger partial charge in [0.1, 0.15) is 0 Å². The Morgan fingerprint density at radius 1 is 0.944 bits per heavy atom. The Hall–Kier alpha value is -0.890. The Morgan fingerprint density at radius 3 is 2.00 bits per heavy atom. The van der Waals surface area contributed by atoms with Crippen molar-refractivity contribution in [3.05, 3.63) is 28.1 Å². The van der Waals surface area contributed by atoms with Crippen molar-refractivity contribution in [1.29, 1.82) is 0 Å². The van der Waals surface area contributed by atoms with Crippen molar-refractivity contribution in [2.24, 2.45) is 0 Å². The molecule has 2 nitrogen and oxygen atoms in total. The maximum Gasteiger partial charge on any atom is 0.0626 e. The summed E-state index contributed by atoms with van der Waals surface area (Å²) in [5.41, 5.74) is 6.89. The number of aryl methyl sites for hydroxylation is 1. The Labute approximate surface area is 111 Å². The largest absolute Gasteiger partial charge is 0.283 e. The molecule has 0 saturated heterocycles. The van der Waals surface area contributed by atoms with Gasteiger partial charge in [-0.05, 0) is 72.1 Å². The molecule has 2 atom stereocenters. The lowest BCUT2D eigenvalue weighted by Crippen LogP contribution is -2.40. The normalized spacial score (nSPS) is 24.4. The molecule has 2 unspecified atom stereocenters. The summed E-state index contributed by atoms with van der Waals surface area (Å²) in [6.45, 7) is 18.0. The van der Waals surface area contributed by atoms with Gasteiger partial charge >= 0.3 is 0 Å². The average molecular weight is 246 g/mol. The molecule has 0 bridgehead atoms. The minimum absolute atomic E-state index is 0.174. The third-order valence-corrected chi connectivity index (χ3v) is 4.50. The first-order valence-electron chi connectivity index (χ1n) is 6.92. The molecule has 100 valence electrons. The number of hydrogen-bond donors (Lipinski definition) is 0. The van der Waals surface area contributed by atoms with E-state index >= 15 is 0 Å². The lowest BCUT2D eigenvalue weighted by molar-refractivity contribution is 0.0661. The van der Waals surface area contributed by atoms with Crippen LogP contribution in [0.5, 0.6) is 0 Å². The molecule has 2 heterocycles. The van der Waals surface area contributed by atoms with E-state index in [4.69, 9.17) is 4.98 Å². The van der Waals surface area contributed by atoms with Gasteiger partial charge in [-0.3, -0.25) is 9.88 Å². The smallest absolute Gasteiger partial charge is 0.0626 e. The summed E-state index contributed by atoms with van der Waals surface area (Å²) in [7, 11) is 0. The maximum absolute atomic E-state index is 4.87. The van der Waals surface area contributed by atoms with Crippen LogP contribution in [0.25, 0.3) is 0 Å².